The van der Waals surface area contributed by atoms with Gasteiger partial charge in [0.15, 0.2) is 30.1 Å². The molecule has 0 bridgehead atoms. The normalized spacial score (nSPS) is 29.3. The lowest BCUT2D eigenvalue weighted by Crippen LogP contribution is -2.37. The van der Waals surface area contributed by atoms with Gasteiger partial charge < -0.3 is 56.3 Å². The highest BCUT2D eigenvalue weighted by atomic mass is 31.3. The van der Waals surface area contributed by atoms with Crippen LogP contribution in [-0.2, 0) is 59.2 Å². The summed E-state index contributed by atoms with van der Waals surface area (Å²) in [6.07, 6.45) is -10.8. The van der Waals surface area contributed by atoms with Crippen LogP contribution in [0.5, 0.6) is 0 Å². The molecule has 3 saturated heterocycles. The van der Waals surface area contributed by atoms with E-state index in [1.165, 1.54) is 29.5 Å². The van der Waals surface area contributed by atoms with Crippen LogP contribution in [0.3, 0.4) is 0 Å². The maximum absolute atomic E-state index is 11.6. The molecule has 15 N–H and O–H groups in total. The minimum Gasteiger partial charge on any atom is -0.387 e. The number of rotatable bonds is 16. The van der Waals surface area contributed by atoms with Crippen LogP contribution in [0.4, 0.5) is 11.6 Å². The number of hydrogen-bond acceptors (Lipinski definition) is 28. The maximum atomic E-state index is 11.6. The second-order valence-corrected chi connectivity index (χ2v) is 18.6. The third-order valence-corrected chi connectivity index (χ3v) is 13.2. The molecule has 5 unspecified atom stereocenters. The number of H-pyrrole nitrogens is 1. The van der Waals surface area contributed by atoms with E-state index >= 15 is 0 Å². The topological polar surface area (TPSA) is 547 Å². The van der Waals surface area contributed by atoms with Gasteiger partial charge in [0.05, 0.1) is 6.33 Å². The van der Waals surface area contributed by atoms with Gasteiger partial charge in [-0.05, 0) is 6.07 Å². The zero-order valence-corrected chi connectivity index (χ0v) is 38.5. The van der Waals surface area contributed by atoms with Gasteiger partial charge in [0.25, 0.3) is 5.56 Å². The molecule has 3 aliphatic rings. The Balaban J connectivity index is 0.000000199. The Morgan fingerprint density at radius 1 is 0.667 bits per heavy atom. The lowest BCUT2D eigenvalue weighted by atomic mass is 10.1. The lowest BCUT2D eigenvalue weighted by molar-refractivity contribution is -0.0517. The number of aromatic nitrogens is 8. The van der Waals surface area contributed by atoms with Gasteiger partial charge in [-0.2, -0.15) is 4.98 Å². The largest absolute Gasteiger partial charge is 0.708 e. The molecule has 378 valence electrons. The first-order chi connectivity index (χ1) is 32.4. The number of fused-ring (bicyclic) bond motifs is 1. The van der Waals surface area contributed by atoms with Crippen molar-refractivity contribution in [1.29, 1.82) is 0 Å². The van der Waals surface area contributed by atoms with Crippen molar-refractivity contribution >= 4 is 63.6 Å². The van der Waals surface area contributed by atoms with Crippen molar-refractivity contribution in [2.75, 3.05) is 31.3 Å². The van der Waals surface area contributed by atoms with Crippen molar-refractivity contribution in [1.82, 2.24) is 38.6 Å². The van der Waals surface area contributed by atoms with Crippen LogP contribution in [-0.4, -0.2) is 164 Å². The van der Waals surface area contributed by atoms with Gasteiger partial charge in [0.2, 0.25) is 0 Å². The number of nitrogens with zero attached hydrogens (tertiary/aromatic N) is 7. The van der Waals surface area contributed by atoms with Gasteiger partial charge >= 0.3 is 52.2 Å². The van der Waals surface area contributed by atoms with Gasteiger partial charge in [-0.15, -0.1) is 28.3 Å². The molecular formula is C28H39N10O26P5+4. The standard InChI is InChI=1S/C10H12N5O11P3.C9H12N3O7P.C9H11N2O8P/c11-8-5-9(13-2-12-8)15(3-14-5)10-7(17)6(16)4(24-10)1-23-28(20)26-29(21,22)25-27(18)19;10-5-1-2-12(9(15)11-5)8-7(14)6(13)4(19-8)3-18-20(16)17;12-5-1-2-11(9(15)10-5)8-7(14)6(13)4(19-8)3-18-20(16)17/h2-4,6-7,10,16-17H,1H2,(H2-2,11,12,13,18,19,21,22);1-2,4,6-8,13-14H,3H2,(H2-,10,11,15,16,17);1-2,4,6-8,13-14H,3H2,(H-,10,12,15,16,17)/p+4/t4-,6-,7-,10-;2*4-,6-,7-,8-/m111/s1. The van der Waals surface area contributed by atoms with Crippen LogP contribution in [0.1, 0.15) is 18.7 Å². The summed E-state index contributed by atoms with van der Waals surface area (Å²) >= 11 is 0. The quantitative estimate of drug-likeness (QED) is 0.0470. The minimum atomic E-state index is -5.11. The zero-order chi connectivity index (χ0) is 51.1. The molecule has 0 amide bonds. The molecule has 4 aromatic heterocycles. The summed E-state index contributed by atoms with van der Waals surface area (Å²) in [7, 11) is -17.6. The Morgan fingerprint density at radius 2 is 1.16 bits per heavy atom. The molecule has 3 fully saturated rings. The van der Waals surface area contributed by atoms with Gasteiger partial charge in [-0.25, -0.2) is 29.1 Å². The summed E-state index contributed by atoms with van der Waals surface area (Å²) < 4.78 is 94.4. The third kappa shape index (κ3) is 14.4. The van der Waals surface area contributed by atoms with Crippen LogP contribution < -0.4 is 28.4 Å². The first-order valence-electron chi connectivity index (χ1n) is 18.6. The molecule has 0 aliphatic carbocycles. The van der Waals surface area contributed by atoms with Crippen LogP contribution >= 0.6 is 40.8 Å². The highest BCUT2D eigenvalue weighted by Crippen LogP contribution is 2.57. The number of hydrogen-bond donors (Lipinski definition) is 13. The highest BCUT2D eigenvalue weighted by molar-refractivity contribution is 7.61. The Morgan fingerprint density at radius 3 is 1.65 bits per heavy atom. The minimum absolute atomic E-state index is 0.0106. The Labute approximate surface area is 384 Å². The first kappa shape index (κ1) is 55.5. The molecule has 0 aromatic carbocycles. The number of ether oxygens (including phenoxy) is 3. The fraction of sp³-hybridized carbons (Fsp3) is 0.536. The Hall–Kier alpha value is -4.38. The average Bonchev–Trinajstić information content (AvgIpc) is 3.98. The van der Waals surface area contributed by atoms with Gasteiger partial charge in [-0.1, -0.05) is 0 Å². The van der Waals surface area contributed by atoms with Crippen LogP contribution in [0.2, 0.25) is 0 Å². The zero-order valence-electron chi connectivity index (χ0n) is 34.0. The predicted octanol–water partition coefficient (Wildman–Crippen LogP) is -4.58. The maximum Gasteiger partial charge on any atom is 0.708 e. The molecule has 4 aromatic rings. The fourth-order valence-electron chi connectivity index (χ4n) is 6.21. The fourth-order valence-corrected chi connectivity index (χ4v) is 8.99. The number of phosphoric acid groups is 1. The van der Waals surface area contributed by atoms with E-state index in [1.54, 1.807) is 0 Å². The van der Waals surface area contributed by atoms with E-state index in [0.717, 1.165) is 21.4 Å². The summed E-state index contributed by atoms with van der Waals surface area (Å²) in [6, 6.07) is 2.39. The Kier molecular flexibility index (Phi) is 19.4. The van der Waals surface area contributed by atoms with E-state index in [-0.39, 0.29) is 22.8 Å². The summed E-state index contributed by atoms with van der Waals surface area (Å²) in [4.78, 5) is 85.9. The summed E-state index contributed by atoms with van der Waals surface area (Å²) in [5, 5.41) is 59.6. The molecule has 0 radical (unpaired) electrons. The van der Waals surface area contributed by atoms with E-state index in [0.29, 0.717) is 0 Å². The summed E-state index contributed by atoms with van der Waals surface area (Å²) in [5.41, 5.74) is 9.31. The number of aliphatic hydroxyl groups excluding tert-OH is 6. The number of nitrogen functional groups attached to an aromatic ring is 2. The highest BCUT2D eigenvalue weighted by Gasteiger charge is 2.50. The number of aromatic amines is 1. The van der Waals surface area contributed by atoms with E-state index in [4.69, 9.17) is 45.3 Å². The molecule has 41 heteroatoms. The van der Waals surface area contributed by atoms with Gasteiger partial charge in [0, 0.05) is 45.3 Å². The van der Waals surface area contributed by atoms with Gasteiger partial charge in [-0.3, -0.25) is 28.4 Å². The second-order valence-electron chi connectivity index (χ2n) is 13.7. The molecule has 0 saturated carbocycles. The van der Waals surface area contributed by atoms with E-state index in [2.05, 4.69) is 42.1 Å². The van der Waals surface area contributed by atoms with Crippen LogP contribution in [0.15, 0.2) is 51.6 Å². The van der Waals surface area contributed by atoms with Crippen molar-refractivity contribution in [3.05, 3.63) is 68.5 Å². The molecule has 7 rings (SSSR count). The SMILES string of the molecule is Nc1ccn([C@@H]2O[C@H](CO[P+](=O)O)[C@@H](O)[C@H]2O)c(=O)n1.Nc1ncnc2c1ncn2[C@@H]1O[C@H](CO[P+](=O)OP(=O)(O)O[P+](=O)O)[C@@H](O)[C@H]1O.O=c1ccn([C@@H]2O[C@H](CO[P+](=O)O)[C@@H](O)[C@H]2O)c(=O)[nH]1. The van der Waals surface area contributed by atoms with Gasteiger partial charge in [0.1, 0.15) is 92.4 Å². The third-order valence-electron chi connectivity index (χ3n) is 9.31. The molecule has 3 aliphatic heterocycles. The molecule has 0 spiro atoms. The lowest BCUT2D eigenvalue weighted by Gasteiger charge is -2.16. The van der Waals surface area contributed by atoms with Crippen molar-refractivity contribution < 1.29 is 109 Å². The Bertz CT molecular complexity index is 2730. The number of nitrogens with two attached hydrogens (primary N) is 2. The van der Waals surface area contributed by atoms with Crippen molar-refractivity contribution in [3.8, 4) is 0 Å². The summed E-state index contributed by atoms with van der Waals surface area (Å²) in [6.45, 7) is -1.48. The van der Waals surface area contributed by atoms with Crippen molar-refractivity contribution in [3.63, 3.8) is 0 Å². The molecule has 17 atom stereocenters. The summed E-state index contributed by atoms with van der Waals surface area (Å²) in [5.74, 6) is 0.104. The van der Waals surface area contributed by atoms with Crippen molar-refractivity contribution in [2.45, 2.75) is 73.6 Å². The number of nitrogens with one attached hydrogen (secondary N) is 1. The van der Waals surface area contributed by atoms with E-state index in [1.807, 2.05) is 4.98 Å². The molecule has 69 heavy (non-hydrogen) atoms. The number of anilines is 2. The first-order valence-corrected chi connectivity index (χ1v) is 24.6. The number of imidazole rings is 1. The second kappa shape index (κ2) is 24.2. The van der Waals surface area contributed by atoms with Crippen LogP contribution in [0, 0.1) is 0 Å². The van der Waals surface area contributed by atoms with Crippen LogP contribution in [0.25, 0.3) is 11.2 Å². The molecule has 7 heterocycles. The average molecular weight is 1090 g/mol. The van der Waals surface area contributed by atoms with E-state index < -0.39 is 151 Å². The predicted molar refractivity (Wildman–Crippen MR) is 219 cm³/mol. The monoisotopic (exact) mass is 1090 g/mol. The smallest absolute Gasteiger partial charge is 0.387 e. The molecule has 36 nitrogen and oxygen atoms in total. The van der Waals surface area contributed by atoms with Crippen molar-refractivity contribution in [2.24, 2.45) is 0 Å². The number of aliphatic hydroxyl groups is 6. The molecular weight excluding hydrogens is 1050 g/mol. The van der Waals surface area contributed by atoms with E-state index in [9.17, 15) is 67.8 Å².